The van der Waals surface area contributed by atoms with E-state index in [9.17, 15) is 23.2 Å². The summed E-state index contributed by atoms with van der Waals surface area (Å²) in [5.41, 5.74) is -0.362. The molecule has 1 aromatic heterocycles. The molecule has 2 rings (SSSR count). The van der Waals surface area contributed by atoms with Crippen LogP contribution in [-0.4, -0.2) is 29.9 Å². The number of thiophene rings is 1. The lowest BCUT2D eigenvalue weighted by atomic mass is 10.0. The van der Waals surface area contributed by atoms with Gasteiger partial charge in [-0.3, -0.25) is 9.59 Å². The molecule has 0 aliphatic carbocycles. The van der Waals surface area contributed by atoms with Gasteiger partial charge in [0.05, 0.1) is 10.6 Å². The maximum atomic E-state index is 13.6. The second-order valence-electron chi connectivity index (χ2n) is 6.36. The van der Waals surface area contributed by atoms with Crippen LogP contribution in [0.2, 0.25) is 0 Å². The summed E-state index contributed by atoms with van der Waals surface area (Å²) in [6, 6.07) is 4.96. The summed E-state index contributed by atoms with van der Waals surface area (Å²) in [7, 11) is 0. The highest BCUT2D eigenvalue weighted by molar-refractivity contribution is 7.12. The van der Waals surface area contributed by atoms with E-state index in [1.165, 1.54) is 18.3 Å². The number of rotatable bonds is 7. The van der Waals surface area contributed by atoms with Crippen LogP contribution in [0.4, 0.5) is 14.5 Å². The molecule has 1 heterocycles. The summed E-state index contributed by atoms with van der Waals surface area (Å²) >= 11 is 1.22. The number of carbonyl (C=O) groups is 3. The van der Waals surface area contributed by atoms with Crippen LogP contribution in [0.15, 0.2) is 35.7 Å². The van der Waals surface area contributed by atoms with Crippen LogP contribution in [0.1, 0.15) is 30.4 Å². The van der Waals surface area contributed by atoms with E-state index in [4.69, 9.17) is 4.74 Å². The topological polar surface area (TPSA) is 84.5 Å². The van der Waals surface area contributed by atoms with Crippen LogP contribution < -0.4 is 10.6 Å². The second-order valence-corrected chi connectivity index (χ2v) is 7.31. The molecule has 0 spiro atoms. The van der Waals surface area contributed by atoms with Gasteiger partial charge in [-0.1, -0.05) is 19.9 Å². The van der Waals surface area contributed by atoms with E-state index in [1.807, 2.05) is 0 Å². The molecule has 2 aromatic rings. The maximum Gasteiger partial charge on any atom is 0.329 e. The van der Waals surface area contributed by atoms with E-state index >= 15 is 0 Å². The molecule has 0 radical (unpaired) electrons. The third-order valence-electron chi connectivity index (χ3n) is 3.80. The minimum atomic E-state index is -1.28. The van der Waals surface area contributed by atoms with E-state index in [0.717, 1.165) is 18.2 Å². The molecule has 6 nitrogen and oxygen atoms in total. The standard InChI is InChI=1S/C19H20F2N2O4S/c1-10(2)16(23-18(25)15-5-4-8-28-15)19(26)27-11(3)17(24)22-14-9-12(20)6-7-13(14)21/h4-11,16H,1-3H3,(H,22,24)(H,23,25)/t11-,16-/m0/s1. The summed E-state index contributed by atoms with van der Waals surface area (Å²) in [5.74, 6) is -3.90. The molecule has 28 heavy (non-hydrogen) atoms. The van der Waals surface area contributed by atoms with E-state index in [2.05, 4.69) is 10.6 Å². The highest BCUT2D eigenvalue weighted by Crippen LogP contribution is 2.16. The van der Waals surface area contributed by atoms with Gasteiger partial charge in [-0.05, 0) is 36.4 Å². The lowest BCUT2D eigenvalue weighted by Gasteiger charge is -2.22. The lowest BCUT2D eigenvalue weighted by Crippen LogP contribution is -2.47. The van der Waals surface area contributed by atoms with Crippen molar-refractivity contribution in [2.75, 3.05) is 5.32 Å². The van der Waals surface area contributed by atoms with Crippen molar-refractivity contribution in [3.63, 3.8) is 0 Å². The summed E-state index contributed by atoms with van der Waals surface area (Å²) in [5, 5.41) is 6.49. The Morgan fingerprint density at radius 3 is 2.43 bits per heavy atom. The first-order valence-electron chi connectivity index (χ1n) is 8.49. The number of hydrogen-bond acceptors (Lipinski definition) is 5. The predicted octanol–water partition coefficient (Wildman–Crippen LogP) is 3.35. The van der Waals surface area contributed by atoms with Crippen LogP contribution in [0.25, 0.3) is 0 Å². The Balaban J connectivity index is 2.00. The first kappa shape index (κ1) is 21.5. The van der Waals surface area contributed by atoms with Crippen molar-refractivity contribution in [2.24, 2.45) is 5.92 Å². The predicted molar refractivity (Wildman–Crippen MR) is 101 cm³/mol. The Morgan fingerprint density at radius 2 is 1.82 bits per heavy atom. The largest absolute Gasteiger partial charge is 0.451 e. The molecule has 0 aliphatic rings. The van der Waals surface area contributed by atoms with Gasteiger partial charge in [-0.25, -0.2) is 13.6 Å². The number of carbonyl (C=O) groups excluding carboxylic acids is 3. The zero-order chi connectivity index (χ0) is 20.8. The molecule has 2 amide bonds. The Hall–Kier alpha value is -2.81. The van der Waals surface area contributed by atoms with Crippen molar-refractivity contribution in [3.05, 3.63) is 52.2 Å². The highest BCUT2D eigenvalue weighted by Gasteiger charge is 2.29. The normalized spacial score (nSPS) is 12.9. The molecule has 0 saturated carbocycles. The smallest absolute Gasteiger partial charge is 0.329 e. The number of hydrogen-bond donors (Lipinski definition) is 2. The van der Waals surface area contributed by atoms with Gasteiger partial charge < -0.3 is 15.4 Å². The van der Waals surface area contributed by atoms with Crippen LogP contribution in [0.3, 0.4) is 0 Å². The van der Waals surface area contributed by atoms with Crippen molar-refractivity contribution in [2.45, 2.75) is 32.9 Å². The number of esters is 1. The molecular formula is C19H20F2N2O4S. The average Bonchev–Trinajstić information content (AvgIpc) is 3.16. The van der Waals surface area contributed by atoms with Gasteiger partial charge in [0.2, 0.25) is 0 Å². The summed E-state index contributed by atoms with van der Waals surface area (Å²) in [6.07, 6.45) is -1.28. The van der Waals surface area contributed by atoms with Crippen molar-refractivity contribution < 1.29 is 27.9 Å². The molecule has 2 atom stereocenters. The molecular weight excluding hydrogens is 390 g/mol. The molecule has 0 aliphatic heterocycles. The van der Waals surface area contributed by atoms with Crippen LogP contribution >= 0.6 is 11.3 Å². The van der Waals surface area contributed by atoms with Crippen molar-refractivity contribution in [1.29, 1.82) is 0 Å². The van der Waals surface area contributed by atoms with Gasteiger partial charge in [-0.2, -0.15) is 0 Å². The number of benzene rings is 1. The van der Waals surface area contributed by atoms with E-state index in [0.29, 0.717) is 4.88 Å². The molecule has 150 valence electrons. The number of anilines is 1. The lowest BCUT2D eigenvalue weighted by molar-refractivity contribution is -0.156. The van der Waals surface area contributed by atoms with Gasteiger partial charge in [-0.15, -0.1) is 11.3 Å². The fourth-order valence-electron chi connectivity index (χ4n) is 2.25. The number of amides is 2. The molecule has 0 fully saturated rings. The third-order valence-corrected chi connectivity index (χ3v) is 4.67. The minimum absolute atomic E-state index is 0.299. The van der Waals surface area contributed by atoms with Crippen molar-refractivity contribution in [1.82, 2.24) is 5.32 Å². The zero-order valence-electron chi connectivity index (χ0n) is 15.5. The molecule has 2 N–H and O–H groups in total. The number of halogens is 2. The summed E-state index contributed by atoms with van der Waals surface area (Å²) in [4.78, 5) is 37.2. The highest BCUT2D eigenvalue weighted by atomic mass is 32.1. The molecule has 9 heteroatoms. The van der Waals surface area contributed by atoms with E-state index in [1.54, 1.807) is 31.4 Å². The Labute approximate surface area is 164 Å². The van der Waals surface area contributed by atoms with Crippen LogP contribution in [0.5, 0.6) is 0 Å². The SMILES string of the molecule is CC(C)[C@H](NC(=O)c1cccs1)C(=O)O[C@@H](C)C(=O)Nc1cc(F)ccc1F. The van der Waals surface area contributed by atoms with E-state index < -0.39 is 41.6 Å². The second kappa shape index (κ2) is 9.41. The Bertz CT molecular complexity index is 856. The fourth-order valence-corrected chi connectivity index (χ4v) is 2.87. The monoisotopic (exact) mass is 410 g/mol. The molecule has 0 unspecified atom stereocenters. The molecule has 0 bridgehead atoms. The van der Waals surface area contributed by atoms with E-state index in [-0.39, 0.29) is 11.6 Å². The fraction of sp³-hybridized carbons (Fsp3) is 0.316. The van der Waals surface area contributed by atoms with Crippen molar-refractivity contribution in [3.8, 4) is 0 Å². The van der Waals surface area contributed by atoms with Crippen molar-refractivity contribution >= 4 is 34.8 Å². The third kappa shape index (κ3) is 5.59. The van der Waals surface area contributed by atoms with Gasteiger partial charge in [0.25, 0.3) is 11.8 Å². The maximum absolute atomic E-state index is 13.6. The van der Waals surface area contributed by atoms with Gasteiger partial charge in [0.1, 0.15) is 17.7 Å². The number of ether oxygens (including phenoxy) is 1. The minimum Gasteiger partial charge on any atom is -0.451 e. The average molecular weight is 410 g/mol. The van der Waals surface area contributed by atoms with Gasteiger partial charge >= 0.3 is 5.97 Å². The van der Waals surface area contributed by atoms with Gasteiger partial charge in [0.15, 0.2) is 6.10 Å². The molecule has 1 aromatic carbocycles. The summed E-state index contributed by atoms with van der Waals surface area (Å²) in [6.45, 7) is 4.73. The van der Waals surface area contributed by atoms with Crippen LogP contribution in [-0.2, 0) is 14.3 Å². The zero-order valence-corrected chi connectivity index (χ0v) is 16.3. The van der Waals surface area contributed by atoms with Crippen LogP contribution in [0, 0.1) is 17.6 Å². The first-order valence-corrected chi connectivity index (χ1v) is 9.37. The molecule has 0 saturated heterocycles. The quantitative estimate of drug-likeness (QED) is 0.686. The Kier molecular flexibility index (Phi) is 7.22. The van der Waals surface area contributed by atoms with Gasteiger partial charge in [0, 0.05) is 6.07 Å². The summed E-state index contributed by atoms with van der Waals surface area (Å²) < 4.78 is 31.9. The Morgan fingerprint density at radius 1 is 1.11 bits per heavy atom. The number of nitrogens with one attached hydrogen (secondary N) is 2. The first-order chi connectivity index (χ1) is 13.2.